The normalized spacial score (nSPS) is 17.6. The number of carbonyl (C=O) groups is 1. The van der Waals surface area contributed by atoms with Gasteiger partial charge in [-0.1, -0.05) is 0 Å². The van der Waals surface area contributed by atoms with Gasteiger partial charge in [-0.2, -0.15) is 5.10 Å². The lowest BCUT2D eigenvalue weighted by molar-refractivity contribution is 0.0788. The van der Waals surface area contributed by atoms with E-state index in [-0.39, 0.29) is 11.9 Å². The Labute approximate surface area is 146 Å². The van der Waals surface area contributed by atoms with E-state index in [2.05, 4.69) is 32.7 Å². The van der Waals surface area contributed by atoms with Crippen LogP contribution in [-0.4, -0.2) is 48.2 Å². The lowest BCUT2D eigenvalue weighted by Gasteiger charge is -2.17. The first-order valence-corrected chi connectivity index (χ1v) is 8.55. The molecule has 1 fully saturated rings. The number of aryl methyl sites for hydroxylation is 4. The molecule has 3 aromatic heterocycles. The van der Waals surface area contributed by atoms with E-state index in [1.807, 2.05) is 30.4 Å². The molecule has 0 aromatic carbocycles. The van der Waals surface area contributed by atoms with Gasteiger partial charge in [0.15, 0.2) is 5.65 Å². The first kappa shape index (κ1) is 15.8. The zero-order valence-corrected chi connectivity index (χ0v) is 15.0. The average molecular weight is 338 g/mol. The Balaban J connectivity index is 1.62. The van der Waals surface area contributed by atoms with Gasteiger partial charge in [0, 0.05) is 32.0 Å². The van der Waals surface area contributed by atoms with Gasteiger partial charge in [0.2, 0.25) is 0 Å². The summed E-state index contributed by atoms with van der Waals surface area (Å²) in [5, 5.41) is 4.58. The Morgan fingerprint density at radius 3 is 2.80 bits per heavy atom. The fourth-order valence-corrected chi connectivity index (χ4v) is 3.67. The van der Waals surface area contributed by atoms with Crippen molar-refractivity contribution in [2.75, 3.05) is 13.1 Å². The Bertz CT molecular complexity index is 970. The molecule has 1 saturated heterocycles. The maximum absolute atomic E-state index is 13.1. The SMILES string of the molecule is Cc1cc(C)n(C2CCN(C(=O)c3ccnc4c3nc(C)n4C)C2)n1. The maximum Gasteiger partial charge on any atom is 0.256 e. The zero-order valence-electron chi connectivity index (χ0n) is 15.0. The molecule has 1 amide bonds. The summed E-state index contributed by atoms with van der Waals surface area (Å²) in [6.45, 7) is 7.39. The monoisotopic (exact) mass is 338 g/mol. The number of hydrogen-bond donors (Lipinski definition) is 0. The van der Waals surface area contributed by atoms with Crippen LogP contribution in [-0.2, 0) is 7.05 Å². The van der Waals surface area contributed by atoms with Crippen molar-refractivity contribution in [3.8, 4) is 0 Å². The largest absolute Gasteiger partial charge is 0.336 e. The molecule has 0 spiro atoms. The van der Waals surface area contributed by atoms with Gasteiger partial charge in [0.1, 0.15) is 11.3 Å². The van der Waals surface area contributed by atoms with E-state index in [4.69, 9.17) is 0 Å². The second-order valence-electron chi connectivity index (χ2n) is 6.81. The van der Waals surface area contributed by atoms with Gasteiger partial charge in [-0.25, -0.2) is 9.97 Å². The predicted molar refractivity (Wildman–Crippen MR) is 94.5 cm³/mol. The molecule has 1 unspecified atom stereocenters. The second kappa shape index (κ2) is 5.68. The van der Waals surface area contributed by atoms with Crippen LogP contribution in [0.1, 0.15) is 40.0 Å². The van der Waals surface area contributed by atoms with E-state index in [1.54, 1.807) is 12.3 Å². The van der Waals surface area contributed by atoms with Crippen molar-refractivity contribution in [1.82, 2.24) is 29.2 Å². The molecule has 7 nitrogen and oxygen atoms in total. The van der Waals surface area contributed by atoms with Crippen molar-refractivity contribution < 1.29 is 4.79 Å². The van der Waals surface area contributed by atoms with Gasteiger partial charge in [-0.15, -0.1) is 0 Å². The van der Waals surface area contributed by atoms with Crippen LogP contribution >= 0.6 is 0 Å². The standard InChI is InChI=1S/C18H22N6O/c1-11-9-12(2)24(21-11)14-6-8-23(10-14)18(25)15-5-7-19-17-16(15)20-13(3)22(17)4/h5,7,9,14H,6,8,10H2,1-4H3. The number of aromatic nitrogens is 5. The minimum absolute atomic E-state index is 0.0227. The number of hydrogen-bond acceptors (Lipinski definition) is 4. The Hall–Kier alpha value is -2.70. The van der Waals surface area contributed by atoms with Crippen molar-refractivity contribution >= 4 is 17.1 Å². The summed E-state index contributed by atoms with van der Waals surface area (Å²) < 4.78 is 3.96. The molecule has 25 heavy (non-hydrogen) atoms. The lowest BCUT2D eigenvalue weighted by Crippen LogP contribution is -2.29. The van der Waals surface area contributed by atoms with Gasteiger partial charge in [0.25, 0.3) is 5.91 Å². The molecule has 1 atom stereocenters. The summed E-state index contributed by atoms with van der Waals surface area (Å²) in [5.41, 5.74) is 4.22. The first-order valence-electron chi connectivity index (χ1n) is 8.55. The first-order chi connectivity index (χ1) is 12.0. The number of carbonyl (C=O) groups excluding carboxylic acids is 1. The van der Waals surface area contributed by atoms with Crippen LogP contribution in [0.3, 0.4) is 0 Å². The van der Waals surface area contributed by atoms with Crippen LogP contribution < -0.4 is 0 Å². The highest BCUT2D eigenvalue weighted by atomic mass is 16.2. The molecule has 3 aromatic rings. The van der Waals surface area contributed by atoms with Gasteiger partial charge >= 0.3 is 0 Å². The number of amides is 1. The Morgan fingerprint density at radius 2 is 2.08 bits per heavy atom. The smallest absolute Gasteiger partial charge is 0.256 e. The summed E-state index contributed by atoms with van der Waals surface area (Å²) in [5.74, 6) is 0.874. The minimum Gasteiger partial charge on any atom is -0.336 e. The summed E-state index contributed by atoms with van der Waals surface area (Å²) in [6, 6.07) is 4.09. The summed E-state index contributed by atoms with van der Waals surface area (Å²) in [7, 11) is 1.92. The van der Waals surface area contributed by atoms with E-state index in [0.717, 1.165) is 35.8 Å². The molecule has 1 aliphatic heterocycles. The van der Waals surface area contributed by atoms with Gasteiger partial charge < -0.3 is 9.47 Å². The highest BCUT2D eigenvalue weighted by Crippen LogP contribution is 2.26. The van der Waals surface area contributed by atoms with E-state index < -0.39 is 0 Å². The van der Waals surface area contributed by atoms with Gasteiger partial charge in [-0.05, 0) is 39.3 Å². The fraction of sp³-hybridized carbons (Fsp3) is 0.444. The van der Waals surface area contributed by atoms with E-state index in [9.17, 15) is 4.79 Å². The van der Waals surface area contributed by atoms with E-state index >= 15 is 0 Å². The molecule has 4 heterocycles. The molecule has 7 heteroatoms. The molecule has 130 valence electrons. The topological polar surface area (TPSA) is 68.8 Å². The molecule has 0 N–H and O–H groups in total. The Morgan fingerprint density at radius 1 is 1.28 bits per heavy atom. The molecule has 1 aliphatic rings. The third kappa shape index (κ3) is 2.50. The Kier molecular flexibility index (Phi) is 3.59. The second-order valence-corrected chi connectivity index (χ2v) is 6.81. The molecular formula is C18H22N6O. The van der Waals surface area contributed by atoms with Crippen molar-refractivity contribution in [3.63, 3.8) is 0 Å². The highest BCUT2D eigenvalue weighted by Gasteiger charge is 2.30. The highest BCUT2D eigenvalue weighted by molar-refractivity contribution is 6.04. The predicted octanol–water partition coefficient (Wildman–Crippen LogP) is 2.18. The summed E-state index contributed by atoms with van der Waals surface area (Å²) in [6.07, 6.45) is 2.61. The van der Waals surface area contributed by atoms with Gasteiger partial charge in [-0.3, -0.25) is 9.48 Å². The number of imidazole rings is 1. The third-order valence-electron chi connectivity index (χ3n) is 5.05. The van der Waals surface area contributed by atoms with Crippen molar-refractivity contribution in [2.24, 2.45) is 7.05 Å². The molecule has 0 saturated carbocycles. The number of nitrogens with zero attached hydrogens (tertiary/aromatic N) is 6. The van der Waals surface area contributed by atoms with Gasteiger partial charge in [0.05, 0.1) is 17.3 Å². The molecular weight excluding hydrogens is 316 g/mol. The maximum atomic E-state index is 13.1. The third-order valence-corrected chi connectivity index (χ3v) is 5.05. The lowest BCUT2D eigenvalue weighted by atomic mass is 10.2. The minimum atomic E-state index is 0.0227. The number of pyridine rings is 1. The summed E-state index contributed by atoms with van der Waals surface area (Å²) in [4.78, 5) is 23.9. The van der Waals surface area contributed by atoms with Crippen LogP contribution in [0.25, 0.3) is 11.2 Å². The fourth-order valence-electron chi connectivity index (χ4n) is 3.67. The molecule has 0 radical (unpaired) electrons. The number of rotatable bonds is 2. The van der Waals surface area contributed by atoms with Crippen LogP contribution in [0.15, 0.2) is 18.3 Å². The number of likely N-dealkylation sites (tertiary alicyclic amines) is 1. The molecule has 4 rings (SSSR count). The summed E-state index contributed by atoms with van der Waals surface area (Å²) >= 11 is 0. The van der Waals surface area contributed by atoms with E-state index in [1.165, 1.54) is 0 Å². The van der Waals surface area contributed by atoms with Crippen molar-refractivity contribution in [3.05, 3.63) is 41.1 Å². The van der Waals surface area contributed by atoms with Crippen LogP contribution in [0.2, 0.25) is 0 Å². The zero-order chi connectivity index (χ0) is 17.7. The van der Waals surface area contributed by atoms with Crippen LogP contribution in [0, 0.1) is 20.8 Å². The van der Waals surface area contributed by atoms with Crippen LogP contribution in [0.5, 0.6) is 0 Å². The van der Waals surface area contributed by atoms with E-state index in [0.29, 0.717) is 17.6 Å². The molecule has 0 bridgehead atoms. The quantitative estimate of drug-likeness (QED) is 0.718. The number of fused-ring (bicyclic) bond motifs is 1. The van der Waals surface area contributed by atoms with Crippen molar-refractivity contribution in [1.29, 1.82) is 0 Å². The molecule has 0 aliphatic carbocycles. The average Bonchev–Trinajstić information content (AvgIpc) is 3.26. The van der Waals surface area contributed by atoms with Crippen LogP contribution in [0.4, 0.5) is 0 Å². The van der Waals surface area contributed by atoms with Crippen molar-refractivity contribution in [2.45, 2.75) is 33.2 Å².